The second kappa shape index (κ2) is 7.01. The SMILES string of the molecule is COCC(O)c1c2c(nn1C)N(c1cnc(N(C)C)cc1C)CCC2. The Labute approximate surface area is 148 Å². The van der Waals surface area contributed by atoms with E-state index in [1.807, 2.05) is 32.2 Å². The molecule has 1 aliphatic heterocycles. The minimum Gasteiger partial charge on any atom is -0.384 e. The van der Waals surface area contributed by atoms with Gasteiger partial charge in [-0.3, -0.25) is 4.68 Å². The molecule has 7 heteroatoms. The van der Waals surface area contributed by atoms with E-state index < -0.39 is 6.10 Å². The number of ether oxygens (including phenoxy) is 1. The largest absolute Gasteiger partial charge is 0.384 e. The second-order valence-corrected chi connectivity index (χ2v) is 6.76. The minimum absolute atomic E-state index is 0.268. The van der Waals surface area contributed by atoms with Gasteiger partial charge in [-0.15, -0.1) is 0 Å². The van der Waals surface area contributed by atoms with Crippen LogP contribution in [0.15, 0.2) is 12.3 Å². The van der Waals surface area contributed by atoms with Crippen molar-refractivity contribution in [1.29, 1.82) is 0 Å². The number of hydrogen-bond acceptors (Lipinski definition) is 6. The average molecular weight is 345 g/mol. The highest BCUT2D eigenvalue weighted by atomic mass is 16.5. The number of hydrogen-bond donors (Lipinski definition) is 1. The molecular formula is C18H27N5O2. The number of fused-ring (bicyclic) bond motifs is 1. The van der Waals surface area contributed by atoms with Crippen molar-refractivity contribution >= 4 is 17.3 Å². The van der Waals surface area contributed by atoms with E-state index in [1.165, 1.54) is 0 Å². The van der Waals surface area contributed by atoms with Gasteiger partial charge in [0.2, 0.25) is 0 Å². The van der Waals surface area contributed by atoms with Crippen molar-refractivity contribution in [2.45, 2.75) is 25.9 Å². The molecule has 3 rings (SSSR count). The Morgan fingerprint density at radius 3 is 2.80 bits per heavy atom. The van der Waals surface area contributed by atoms with Gasteiger partial charge < -0.3 is 19.6 Å². The van der Waals surface area contributed by atoms with Crippen LogP contribution in [0.25, 0.3) is 0 Å². The standard InChI is InChI=1S/C18H27N5O2/c1-12-9-16(21(2)3)19-10-14(12)23-8-6-7-13-17(15(24)11-25-5)22(4)20-18(13)23/h9-10,15,24H,6-8,11H2,1-5H3. The number of anilines is 3. The molecule has 2 aromatic rings. The first-order valence-electron chi connectivity index (χ1n) is 8.58. The smallest absolute Gasteiger partial charge is 0.158 e. The number of aromatic nitrogens is 3. The Bertz CT molecular complexity index is 756. The molecule has 0 spiro atoms. The number of methoxy groups -OCH3 is 1. The molecule has 1 N–H and O–H groups in total. The third-order valence-electron chi connectivity index (χ3n) is 4.69. The lowest BCUT2D eigenvalue weighted by molar-refractivity contribution is 0.0587. The summed E-state index contributed by atoms with van der Waals surface area (Å²) in [6, 6.07) is 2.09. The highest BCUT2D eigenvalue weighted by molar-refractivity contribution is 5.68. The normalized spacial score (nSPS) is 15.2. The summed E-state index contributed by atoms with van der Waals surface area (Å²) in [6.45, 7) is 3.26. The van der Waals surface area contributed by atoms with Crippen molar-refractivity contribution in [3.05, 3.63) is 29.1 Å². The lowest BCUT2D eigenvalue weighted by Gasteiger charge is -2.29. The zero-order valence-electron chi connectivity index (χ0n) is 15.7. The monoisotopic (exact) mass is 345 g/mol. The van der Waals surface area contributed by atoms with Crippen LogP contribution in [0.3, 0.4) is 0 Å². The fourth-order valence-corrected chi connectivity index (χ4v) is 3.49. The molecule has 0 aromatic carbocycles. The molecule has 7 nitrogen and oxygen atoms in total. The van der Waals surface area contributed by atoms with E-state index in [0.29, 0.717) is 0 Å². The van der Waals surface area contributed by atoms with Gasteiger partial charge in [-0.2, -0.15) is 5.10 Å². The summed E-state index contributed by atoms with van der Waals surface area (Å²) in [4.78, 5) is 8.77. The first-order valence-corrected chi connectivity index (χ1v) is 8.58. The summed E-state index contributed by atoms with van der Waals surface area (Å²) in [6.07, 6.45) is 3.18. The summed E-state index contributed by atoms with van der Waals surface area (Å²) in [7, 11) is 7.45. The maximum atomic E-state index is 10.4. The van der Waals surface area contributed by atoms with Crippen molar-refractivity contribution in [2.24, 2.45) is 7.05 Å². The van der Waals surface area contributed by atoms with Gasteiger partial charge in [-0.1, -0.05) is 0 Å². The van der Waals surface area contributed by atoms with Crippen LogP contribution in [0.5, 0.6) is 0 Å². The number of rotatable bonds is 5. The highest BCUT2D eigenvalue weighted by Crippen LogP contribution is 2.37. The molecule has 0 saturated carbocycles. The molecule has 0 amide bonds. The van der Waals surface area contributed by atoms with Gasteiger partial charge in [0, 0.05) is 40.4 Å². The van der Waals surface area contributed by atoms with Gasteiger partial charge in [0.05, 0.1) is 24.2 Å². The zero-order valence-corrected chi connectivity index (χ0v) is 15.7. The number of nitrogens with zero attached hydrogens (tertiary/aromatic N) is 5. The third-order valence-corrected chi connectivity index (χ3v) is 4.69. The molecule has 0 saturated heterocycles. The maximum absolute atomic E-state index is 10.4. The van der Waals surface area contributed by atoms with Gasteiger partial charge in [0.25, 0.3) is 0 Å². The second-order valence-electron chi connectivity index (χ2n) is 6.76. The zero-order chi connectivity index (χ0) is 18.1. The van der Waals surface area contributed by atoms with Crippen LogP contribution in [0.1, 0.15) is 29.3 Å². The quantitative estimate of drug-likeness (QED) is 0.893. The topological polar surface area (TPSA) is 66.7 Å². The summed E-state index contributed by atoms with van der Waals surface area (Å²) in [5, 5.41) is 15.1. The van der Waals surface area contributed by atoms with Crippen LogP contribution in [0, 0.1) is 6.92 Å². The van der Waals surface area contributed by atoms with E-state index in [9.17, 15) is 5.11 Å². The minimum atomic E-state index is -0.665. The van der Waals surface area contributed by atoms with E-state index in [-0.39, 0.29) is 6.61 Å². The van der Waals surface area contributed by atoms with Crippen LogP contribution in [-0.2, 0) is 18.2 Å². The lowest BCUT2D eigenvalue weighted by Crippen LogP contribution is -2.26. The Morgan fingerprint density at radius 2 is 2.16 bits per heavy atom. The first kappa shape index (κ1) is 17.7. The predicted octanol–water partition coefficient (Wildman–Crippen LogP) is 1.95. The lowest BCUT2D eigenvalue weighted by atomic mass is 10.0. The molecular weight excluding hydrogens is 318 g/mol. The number of aliphatic hydroxyl groups is 1. The average Bonchev–Trinajstić information content (AvgIpc) is 2.91. The highest BCUT2D eigenvalue weighted by Gasteiger charge is 2.29. The van der Waals surface area contributed by atoms with Crippen molar-refractivity contribution in [3.63, 3.8) is 0 Å². The Hall–Kier alpha value is -2.12. The predicted molar refractivity (Wildman–Crippen MR) is 98.7 cm³/mol. The molecule has 25 heavy (non-hydrogen) atoms. The molecule has 1 atom stereocenters. The van der Waals surface area contributed by atoms with Gasteiger partial charge in [0.1, 0.15) is 11.9 Å². The van der Waals surface area contributed by atoms with Crippen LogP contribution in [0.4, 0.5) is 17.3 Å². The molecule has 0 aliphatic carbocycles. The first-order chi connectivity index (χ1) is 11.9. The van der Waals surface area contributed by atoms with Gasteiger partial charge in [-0.25, -0.2) is 4.98 Å². The summed E-state index contributed by atoms with van der Waals surface area (Å²) in [5.41, 5.74) is 4.18. The van der Waals surface area contributed by atoms with E-state index in [4.69, 9.17) is 9.84 Å². The van der Waals surface area contributed by atoms with Crippen LogP contribution >= 0.6 is 0 Å². The van der Waals surface area contributed by atoms with E-state index in [0.717, 1.165) is 53.5 Å². The Kier molecular flexibility index (Phi) is 4.96. The molecule has 1 unspecified atom stereocenters. The van der Waals surface area contributed by atoms with Crippen molar-refractivity contribution < 1.29 is 9.84 Å². The van der Waals surface area contributed by atoms with E-state index in [2.05, 4.69) is 22.9 Å². The Morgan fingerprint density at radius 1 is 1.40 bits per heavy atom. The summed E-state index contributed by atoms with van der Waals surface area (Å²) in [5.74, 6) is 1.86. The summed E-state index contributed by atoms with van der Waals surface area (Å²) < 4.78 is 6.90. The number of pyridine rings is 1. The molecule has 136 valence electrons. The fourth-order valence-electron chi connectivity index (χ4n) is 3.49. The van der Waals surface area contributed by atoms with E-state index in [1.54, 1.807) is 11.8 Å². The molecule has 3 heterocycles. The van der Waals surface area contributed by atoms with Gasteiger partial charge in [0.15, 0.2) is 5.82 Å². The third kappa shape index (κ3) is 3.21. The summed E-state index contributed by atoms with van der Waals surface area (Å²) >= 11 is 0. The molecule has 0 fully saturated rings. The molecule has 0 bridgehead atoms. The van der Waals surface area contributed by atoms with Crippen molar-refractivity contribution in [1.82, 2.24) is 14.8 Å². The Balaban J connectivity index is 2.02. The van der Waals surface area contributed by atoms with E-state index >= 15 is 0 Å². The van der Waals surface area contributed by atoms with Crippen molar-refractivity contribution in [2.75, 3.05) is 44.2 Å². The number of aliphatic hydroxyl groups excluding tert-OH is 1. The van der Waals surface area contributed by atoms with Gasteiger partial charge in [-0.05, 0) is 31.4 Å². The van der Waals surface area contributed by atoms with Gasteiger partial charge >= 0.3 is 0 Å². The molecule has 1 aliphatic rings. The van der Waals surface area contributed by atoms with Crippen LogP contribution in [0.2, 0.25) is 0 Å². The maximum Gasteiger partial charge on any atom is 0.158 e. The number of aryl methyl sites for hydroxylation is 2. The fraction of sp³-hybridized carbons (Fsp3) is 0.556. The molecule has 0 radical (unpaired) electrons. The molecule has 2 aromatic heterocycles. The van der Waals surface area contributed by atoms with Crippen LogP contribution in [-0.4, -0.2) is 54.2 Å². The van der Waals surface area contributed by atoms with Crippen molar-refractivity contribution in [3.8, 4) is 0 Å². The van der Waals surface area contributed by atoms with Crippen LogP contribution < -0.4 is 9.80 Å².